The first kappa shape index (κ1) is 22.7. The van der Waals surface area contributed by atoms with Gasteiger partial charge in [0.25, 0.3) is 16.4 Å². The van der Waals surface area contributed by atoms with Gasteiger partial charge in [-0.3, -0.25) is 19.3 Å². The van der Waals surface area contributed by atoms with Crippen LogP contribution in [0.5, 0.6) is 0 Å². The lowest BCUT2D eigenvalue weighted by Crippen LogP contribution is -2.37. The number of aromatic nitrogens is 2. The standard InChI is InChI=1S/C22H17FN4O4S2/c23-16-8-6-15(7-9-16)19-25-26-21(31-19)32-13-18(28)24-10-11-27-20(29)17(33-22(27)30)12-14-4-2-1-3-5-14/h1-9,12H,10-11,13H2,(H,24,28). The zero-order chi connectivity index (χ0) is 23.2. The maximum atomic E-state index is 13.0. The van der Waals surface area contributed by atoms with E-state index in [4.69, 9.17) is 4.42 Å². The first-order chi connectivity index (χ1) is 16.0. The predicted molar refractivity (Wildman–Crippen MR) is 123 cm³/mol. The number of nitrogens with zero attached hydrogens (tertiary/aromatic N) is 3. The molecule has 1 aliphatic heterocycles. The second-order valence-electron chi connectivity index (χ2n) is 6.76. The molecule has 0 radical (unpaired) electrons. The monoisotopic (exact) mass is 484 g/mol. The Kier molecular flexibility index (Phi) is 7.20. The van der Waals surface area contributed by atoms with Gasteiger partial charge in [0, 0.05) is 18.7 Å². The van der Waals surface area contributed by atoms with Crippen molar-refractivity contribution >= 4 is 46.7 Å². The zero-order valence-corrected chi connectivity index (χ0v) is 18.7. The van der Waals surface area contributed by atoms with Crippen LogP contribution in [-0.2, 0) is 9.59 Å². The van der Waals surface area contributed by atoms with Gasteiger partial charge in [0.15, 0.2) is 0 Å². The lowest BCUT2D eigenvalue weighted by atomic mass is 10.2. The van der Waals surface area contributed by atoms with Crippen molar-refractivity contribution in [3.63, 3.8) is 0 Å². The van der Waals surface area contributed by atoms with Crippen LogP contribution in [0.25, 0.3) is 17.5 Å². The Morgan fingerprint density at radius 3 is 2.64 bits per heavy atom. The summed E-state index contributed by atoms with van der Waals surface area (Å²) < 4.78 is 18.5. The number of imide groups is 1. The summed E-state index contributed by atoms with van der Waals surface area (Å²) in [5, 5.41) is 10.2. The number of halogens is 1. The minimum atomic E-state index is -0.378. The van der Waals surface area contributed by atoms with Gasteiger partial charge in [-0.2, -0.15) is 0 Å². The Hall–Kier alpha value is -3.44. The lowest BCUT2D eigenvalue weighted by Gasteiger charge is -2.12. The topological polar surface area (TPSA) is 105 Å². The fourth-order valence-corrected chi connectivity index (χ4v) is 4.31. The average Bonchev–Trinajstić information content (AvgIpc) is 3.39. The number of amides is 3. The third kappa shape index (κ3) is 5.88. The number of hydrogen-bond acceptors (Lipinski definition) is 8. The van der Waals surface area contributed by atoms with Gasteiger partial charge in [-0.25, -0.2) is 4.39 Å². The van der Waals surface area contributed by atoms with Gasteiger partial charge in [0.1, 0.15) is 5.82 Å². The van der Waals surface area contributed by atoms with Gasteiger partial charge in [-0.15, -0.1) is 10.2 Å². The van der Waals surface area contributed by atoms with E-state index in [1.54, 1.807) is 6.08 Å². The molecule has 0 spiro atoms. The maximum absolute atomic E-state index is 13.0. The van der Waals surface area contributed by atoms with Gasteiger partial charge in [-0.05, 0) is 47.7 Å². The van der Waals surface area contributed by atoms with E-state index in [0.29, 0.717) is 10.5 Å². The smallest absolute Gasteiger partial charge is 0.293 e. The van der Waals surface area contributed by atoms with E-state index < -0.39 is 0 Å². The van der Waals surface area contributed by atoms with E-state index in [2.05, 4.69) is 15.5 Å². The fourth-order valence-electron chi connectivity index (χ4n) is 2.86. The molecule has 1 saturated heterocycles. The number of rotatable bonds is 8. The molecule has 1 fully saturated rings. The summed E-state index contributed by atoms with van der Waals surface area (Å²) in [7, 11) is 0. The fraction of sp³-hybridized carbons (Fsp3) is 0.136. The molecule has 33 heavy (non-hydrogen) atoms. The van der Waals surface area contributed by atoms with Crippen molar-refractivity contribution in [1.29, 1.82) is 0 Å². The quantitative estimate of drug-likeness (QED) is 0.380. The molecular formula is C22H17FN4O4S2. The van der Waals surface area contributed by atoms with Crippen LogP contribution in [0.4, 0.5) is 9.18 Å². The van der Waals surface area contributed by atoms with E-state index >= 15 is 0 Å². The van der Waals surface area contributed by atoms with Gasteiger partial charge in [0.2, 0.25) is 11.8 Å². The summed E-state index contributed by atoms with van der Waals surface area (Å²) in [6.07, 6.45) is 1.67. The molecule has 8 nitrogen and oxygen atoms in total. The molecule has 2 heterocycles. The third-order valence-corrected chi connectivity index (χ3v) is 6.18. The highest BCUT2D eigenvalue weighted by Crippen LogP contribution is 2.31. The molecule has 0 aliphatic carbocycles. The van der Waals surface area contributed by atoms with Crippen LogP contribution in [-0.4, -0.2) is 51.0 Å². The molecule has 1 aromatic heterocycles. The molecule has 1 N–H and O–H groups in total. The molecule has 0 unspecified atom stereocenters. The van der Waals surface area contributed by atoms with Crippen molar-refractivity contribution in [2.24, 2.45) is 0 Å². The number of nitrogens with one attached hydrogen (secondary N) is 1. The van der Waals surface area contributed by atoms with Gasteiger partial charge < -0.3 is 9.73 Å². The highest BCUT2D eigenvalue weighted by Gasteiger charge is 2.34. The minimum absolute atomic E-state index is 0.0147. The number of hydrogen-bond donors (Lipinski definition) is 1. The molecule has 168 valence electrons. The average molecular weight is 485 g/mol. The lowest BCUT2D eigenvalue weighted by molar-refractivity contribution is -0.123. The second kappa shape index (κ2) is 10.5. The summed E-state index contributed by atoms with van der Waals surface area (Å²) in [6.45, 7) is 0.198. The molecular weight excluding hydrogens is 467 g/mol. The van der Waals surface area contributed by atoms with Crippen LogP contribution >= 0.6 is 23.5 Å². The molecule has 1 aliphatic rings. The number of benzene rings is 2. The van der Waals surface area contributed by atoms with E-state index in [1.165, 1.54) is 24.3 Å². The Morgan fingerprint density at radius 1 is 1.12 bits per heavy atom. The summed E-state index contributed by atoms with van der Waals surface area (Å²) in [5.74, 6) is -0.823. The third-order valence-electron chi connectivity index (χ3n) is 4.45. The van der Waals surface area contributed by atoms with Crippen LogP contribution < -0.4 is 5.32 Å². The van der Waals surface area contributed by atoms with Crippen molar-refractivity contribution in [1.82, 2.24) is 20.4 Å². The molecule has 2 aromatic carbocycles. The van der Waals surface area contributed by atoms with E-state index in [9.17, 15) is 18.8 Å². The molecule has 11 heteroatoms. The Bertz CT molecular complexity index is 1200. The van der Waals surface area contributed by atoms with Crippen molar-refractivity contribution in [3.8, 4) is 11.5 Å². The minimum Gasteiger partial charge on any atom is -0.411 e. The van der Waals surface area contributed by atoms with Crippen LogP contribution in [0, 0.1) is 5.82 Å². The SMILES string of the molecule is O=C(CSc1nnc(-c2ccc(F)cc2)o1)NCCN1C(=O)SC(=Cc2ccccc2)C1=O. The van der Waals surface area contributed by atoms with Gasteiger partial charge in [-0.1, -0.05) is 42.1 Å². The highest BCUT2D eigenvalue weighted by molar-refractivity contribution is 8.18. The molecule has 3 amide bonds. The summed E-state index contributed by atoms with van der Waals surface area (Å²) in [4.78, 5) is 38.2. The van der Waals surface area contributed by atoms with Crippen molar-refractivity contribution in [3.05, 3.63) is 70.9 Å². The number of thioether (sulfide) groups is 2. The maximum Gasteiger partial charge on any atom is 0.293 e. The van der Waals surface area contributed by atoms with Crippen molar-refractivity contribution in [2.75, 3.05) is 18.8 Å². The largest absolute Gasteiger partial charge is 0.411 e. The van der Waals surface area contributed by atoms with Crippen molar-refractivity contribution in [2.45, 2.75) is 5.22 Å². The molecule has 0 saturated carbocycles. The highest BCUT2D eigenvalue weighted by atomic mass is 32.2. The Balaban J connectivity index is 1.23. The normalized spacial score (nSPS) is 14.8. The van der Waals surface area contributed by atoms with Crippen LogP contribution in [0.3, 0.4) is 0 Å². The number of carbonyl (C=O) groups excluding carboxylic acids is 3. The first-order valence-corrected chi connectivity index (χ1v) is 11.6. The summed E-state index contributed by atoms with van der Waals surface area (Å²) >= 11 is 1.92. The summed E-state index contributed by atoms with van der Waals surface area (Å²) in [6, 6.07) is 14.9. The van der Waals surface area contributed by atoms with Gasteiger partial charge >= 0.3 is 0 Å². The predicted octanol–water partition coefficient (Wildman–Crippen LogP) is 3.82. The second-order valence-corrected chi connectivity index (χ2v) is 8.68. The van der Waals surface area contributed by atoms with E-state index in [-0.39, 0.29) is 52.8 Å². The molecule has 4 rings (SSSR count). The Morgan fingerprint density at radius 2 is 1.88 bits per heavy atom. The molecule has 0 bridgehead atoms. The van der Waals surface area contributed by atoms with Crippen LogP contribution in [0.1, 0.15) is 5.56 Å². The Labute approximate surface area is 196 Å². The van der Waals surface area contributed by atoms with Crippen LogP contribution in [0.2, 0.25) is 0 Å². The number of carbonyl (C=O) groups is 3. The molecule has 0 atom stereocenters. The zero-order valence-electron chi connectivity index (χ0n) is 17.1. The van der Waals surface area contributed by atoms with Gasteiger partial charge in [0.05, 0.1) is 10.7 Å². The van der Waals surface area contributed by atoms with Crippen molar-refractivity contribution < 1.29 is 23.2 Å². The summed E-state index contributed by atoms with van der Waals surface area (Å²) in [5.41, 5.74) is 1.40. The van der Waals surface area contributed by atoms with E-state index in [1.807, 2.05) is 30.3 Å². The first-order valence-electron chi connectivity index (χ1n) is 9.79. The molecule has 3 aromatic rings. The van der Waals surface area contributed by atoms with E-state index in [0.717, 1.165) is 34.0 Å². The van der Waals surface area contributed by atoms with Crippen LogP contribution in [0.15, 0.2) is 69.1 Å².